The summed E-state index contributed by atoms with van der Waals surface area (Å²) < 4.78 is 1.62. The van der Waals surface area contributed by atoms with Gasteiger partial charge in [0.15, 0.2) is 0 Å². The van der Waals surface area contributed by atoms with Crippen LogP contribution in [0.2, 0.25) is 5.02 Å². The number of hydrogen-bond donors (Lipinski definition) is 1. The van der Waals surface area contributed by atoms with Crippen molar-refractivity contribution in [2.75, 3.05) is 13.1 Å². The Morgan fingerprint density at radius 3 is 2.50 bits per heavy atom. The predicted octanol–water partition coefficient (Wildman–Crippen LogP) is 3.02. The van der Waals surface area contributed by atoms with E-state index >= 15 is 0 Å². The fourth-order valence-corrected chi connectivity index (χ4v) is 2.46. The second-order valence-electron chi connectivity index (χ2n) is 5.63. The Kier molecular flexibility index (Phi) is 5.62. The molecule has 1 atom stereocenters. The molecule has 6 nitrogen and oxygen atoms in total. The van der Waals surface area contributed by atoms with Crippen LogP contribution < -0.4 is 0 Å². The first kappa shape index (κ1) is 18.0. The molecule has 0 aliphatic carbocycles. The third-order valence-electron chi connectivity index (χ3n) is 3.81. The summed E-state index contributed by atoms with van der Waals surface area (Å²) in [5, 5.41) is 14.0. The van der Waals surface area contributed by atoms with E-state index in [2.05, 4.69) is 5.10 Å². The van der Waals surface area contributed by atoms with Crippen molar-refractivity contribution in [1.29, 1.82) is 0 Å². The van der Waals surface area contributed by atoms with E-state index in [1.165, 1.54) is 4.90 Å². The molecular weight excluding hydrogens is 330 g/mol. The Labute approximate surface area is 145 Å². The number of rotatable bonds is 6. The Bertz CT molecular complexity index is 740. The SMILES string of the molecule is CCN(CC(C)C(=O)O)C(=O)c1cn(-c2ccc(Cl)cc2)nc1C. The molecule has 0 saturated carbocycles. The summed E-state index contributed by atoms with van der Waals surface area (Å²) in [6, 6.07) is 7.13. The first-order valence-electron chi connectivity index (χ1n) is 7.67. The molecule has 0 fully saturated rings. The van der Waals surface area contributed by atoms with Gasteiger partial charge in [-0.3, -0.25) is 9.59 Å². The van der Waals surface area contributed by atoms with E-state index in [0.29, 0.717) is 22.8 Å². The van der Waals surface area contributed by atoms with Crippen LogP contribution in [0.4, 0.5) is 0 Å². The molecule has 1 heterocycles. The minimum Gasteiger partial charge on any atom is -0.481 e. The molecule has 0 bridgehead atoms. The van der Waals surface area contributed by atoms with Gasteiger partial charge in [0.25, 0.3) is 5.91 Å². The Morgan fingerprint density at radius 1 is 1.33 bits per heavy atom. The maximum absolute atomic E-state index is 12.7. The van der Waals surface area contributed by atoms with Crippen LogP contribution >= 0.6 is 11.6 Å². The number of halogens is 1. The number of carbonyl (C=O) groups excluding carboxylic acids is 1. The molecule has 7 heteroatoms. The lowest BCUT2D eigenvalue weighted by Crippen LogP contribution is -2.36. The van der Waals surface area contributed by atoms with Gasteiger partial charge in [-0.1, -0.05) is 18.5 Å². The zero-order valence-corrected chi connectivity index (χ0v) is 14.6. The van der Waals surface area contributed by atoms with Crippen molar-refractivity contribution in [3.05, 3.63) is 46.7 Å². The van der Waals surface area contributed by atoms with E-state index in [0.717, 1.165) is 5.69 Å². The Morgan fingerprint density at radius 2 is 1.96 bits per heavy atom. The van der Waals surface area contributed by atoms with Crippen molar-refractivity contribution in [1.82, 2.24) is 14.7 Å². The second kappa shape index (κ2) is 7.49. The maximum Gasteiger partial charge on any atom is 0.308 e. The van der Waals surface area contributed by atoms with Gasteiger partial charge in [0.05, 0.1) is 22.9 Å². The van der Waals surface area contributed by atoms with E-state index in [4.69, 9.17) is 16.7 Å². The molecule has 1 aromatic heterocycles. The summed E-state index contributed by atoms with van der Waals surface area (Å²) in [4.78, 5) is 25.3. The lowest BCUT2D eigenvalue weighted by atomic mass is 10.1. The van der Waals surface area contributed by atoms with E-state index in [-0.39, 0.29) is 12.5 Å². The fraction of sp³-hybridized carbons (Fsp3) is 0.353. The van der Waals surface area contributed by atoms with Gasteiger partial charge in [-0.25, -0.2) is 4.68 Å². The number of aliphatic carboxylic acids is 1. The molecule has 24 heavy (non-hydrogen) atoms. The number of nitrogens with zero attached hydrogens (tertiary/aromatic N) is 3. The lowest BCUT2D eigenvalue weighted by molar-refractivity contribution is -0.141. The van der Waals surface area contributed by atoms with Gasteiger partial charge in [0.1, 0.15) is 0 Å². The van der Waals surface area contributed by atoms with Crippen LogP contribution in [0, 0.1) is 12.8 Å². The summed E-state index contributed by atoms with van der Waals surface area (Å²) in [6.07, 6.45) is 1.66. The predicted molar refractivity (Wildman–Crippen MR) is 91.7 cm³/mol. The third kappa shape index (κ3) is 3.94. The van der Waals surface area contributed by atoms with Crippen molar-refractivity contribution in [3.8, 4) is 5.69 Å². The molecule has 1 unspecified atom stereocenters. The molecule has 0 aliphatic heterocycles. The number of benzene rings is 1. The molecule has 0 aliphatic rings. The monoisotopic (exact) mass is 349 g/mol. The molecule has 0 saturated heterocycles. The lowest BCUT2D eigenvalue weighted by Gasteiger charge is -2.22. The van der Waals surface area contributed by atoms with Gasteiger partial charge in [-0.15, -0.1) is 0 Å². The highest BCUT2D eigenvalue weighted by molar-refractivity contribution is 6.30. The zero-order chi connectivity index (χ0) is 17.9. The molecule has 1 aromatic carbocycles. The highest BCUT2D eigenvalue weighted by atomic mass is 35.5. The van der Waals surface area contributed by atoms with Gasteiger partial charge in [-0.05, 0) is 38.1 Å². The maximum atomic E-state index is 12.7. The summed E-state index contributed by atoms with van der Waals surface area (Å²) >= 11 is 5.88. The highest BCUT2D eigenvalue weighted by Crippen LogP contribution is 2.17. The van der Waals surface area contributed by atoms with Crippen LogP contribution in [0.25, 0.3) is 5.69 Å². The number of aryl methyl sites for hydroxylation is 1. The van der Waals surface area contributed by atoms with Gasteiger partial charge >= 0.3 is 5.97 Å². The van der Waals surface area contributed by atoms with Gasteiger partial charge in [-0.2, -0.15) is 5.10 Å². The van der Waals surface area contributed by atoms with E-state index in [1.54, 1.807) is 36.9 Å². The average molecular weight is 350 g/mol. The molecule has 1 amide bonds. The average Bonchev–Trinajstić information content (AvgIpc) is 2.94. The summed E-state index contributed by atoms with van der Waals surface area (Å²) in [6.45, 7) is 5.76. The fourth-order valence-electron chi connectivity index (χ4n) is 2.33. The van der Waals surface area contributed by atoms with Crippen molar-refractivity contribution in [2.45, 2.75) is 20.8 Å². The number of carbonyl (C=O) groups is 2. The van der Waals surface area contributed by atoms with Crippen molar-refractivity contribution in [2.24, 2.45) is 5.92 Å². The number of hydrogen-bond acceptors (Lipinski definition) is 3. The minimum absolute atomic E-state index is 0.163. The Balaban J connectivity index is 2.26. The first-order valence-corrected chi connectivity index (χ1v) is 8.05. The van der Waals surface area contributed by atoms with Crippen molar-refractivity contribution >= 4 is 23.5 Å². The molecule has 1 N–H and O–H groups in total. The van der Waals surface area contributed by atoms with Crippen LogP contribution in [0.15, 0.2) is 30.5 Å². The molecule has 2 aromatic rings. The van der Waals surface area contributed by atoms with Crippen LogP contribution in [-0.4, -0.2) is 44.8 Å². The van der Waals surface area contributed by atoms with Crippen LogP contribution in [0.5, 0.6) is 0 Å². The molecule has 0 radical (unpaired) electrons. The van der Waals surface area contributed by atoms with Crippen LogP contribution in [-0.2, 0) is 4.79 Å². The molecule has 0 spiro atoms. The number of amides is 1. The smallest absolute Gasteiger partial charge is 0.308 e. The van der Waals surface area contributed by atoms with Gasteiger partial charge in [0, 0.05) is 24.3 Å². The normalized spacial score (nSPS) is 12.0. The van der Waals surface area contributed by atoms with Crippen molar-refractivity contribution < 1.29 is 14.7 Å². The number of carboxylic acids is 1. The molecular formula is C17H20ClN3O3. The van der Waals surface area contributed by atoms with E-state index in [1.807, 2.05) is 19.1 Å². The first-order chi connectivity index (χ1) is 11.3. The largest absolute Gasteiger partial charge is 0.481 e. The quantitative estimate of drug-likeness (QED) is 0.869. The van der Waals surface area contributed by atoms with Gasteiger partial charge in [0.2, 0.25) is 0 Å². The van der Waals surface area contributed by atoms with Crippen LogP contribution in [0.3, 0.4) is 0 Å². The summed E-state index contributed by atoms with van der Waals surface area (Å²) in [7, 11) is 0. The molecule has 128 valence electrons. The zero-order valence-electron chi connectivity index (χ0n) is 13.9. The standard InChI is InChI=1S/C17H20ClN3O3/c1-4-20(9-11(2)17(23)24)16(22)15-10-21(19-12(15)3)14-7-5-13(18)6-8-14/h5-8,10-11H,4,9H2,1-3H3,(H,23,24). The summed E-state index contributed by atoms with van der Waals surface area (Å²) in [5.41, 5.74) is 1.85. The highest BCUT2D eigenvalue weighted by Gasteiger charge is 2.23. The topological polar surface area (TPSA) is 75.4 Å². The van der Waals surface area contributed by atoms with E-state index in [9.17, 15) is 9.59 Å². The second-order valence-corrected chi connectivity index (χ2v) is 6.07. The third-order valence-corrected chi connectivity index (χ3v) is 4.06. The van der Waals surface area contributed by atoms with E-state index < -0.39 is 11.9 Å². The molecule has 2 rings (SSSR count). The number of carboxylic acid groups (broad SMARTS) is 1. The Hall–Kier alpha value is -2.34. The number of aromatic nitrogens is 2. The minimum atomic E-state index is -0.921. The van der Waals surface area contributed by atoms with Crippen molar-refractivity contribution in [3.63, 3.8) is 0 Å². The van der Waals surface area contributed by atoms with Gasteiger partial charge < -0.3 is 10.0 Å². The summed E-state index contributed by atoms with van der Waals surface area (Å²) in [5.74, 6) is -1.77. The van der Waals surface area contributed by atoms with Crippen LogP contribution in [0.1, 0.15) is 29.9 Å².